The number of benzene rings is 1. The van der Waals surface area contributed by atoms with Gasteiger partial charge in [0.2, 0.25) is 5.95 Å². The van der Waals surface area contributed by atoms with Gasteiger partial charge < -0.3 is 10.1 Å². The number of aromatic nitrogens is 2. The minimum absolute atomic E-state index is 0.379. The largest absolute Gasteiger partial charge is 0.492 e. The smallest absolute Gasteiger partial charge is 0.239 e. The Morgan fingerprint density at radius 1 is 1.32 bits per heavy atom. The van der Waals surface area contributed by atoms with E-state index in [1.165, 1.54) is 5.56 Å². The second-order valence-corrected chi connectivity index (χ2v) is 4.00. The molecule has 6 heteroatoms. The van der Waals surface area contributed by atoms with E-state index >= 15 is 0 Å². The van der Waals surface area contributed by atoms with E-state index in [2.05, 4.69) is 20.7 Å². The standard InChI is InChI=1S/C13H17N5O/c1-10-3-2-4-11(9-10)19-8-7-15-12-5-6-16-13(17-12)18-14/h2-6,9H,7-8,14H2,1H3,(H2,15,16,17,18). The van der Waals surface area contributed by atoms with Crippen molar-refractivity contribution in [2.24, 2.45) is 5.84 Å². The molecule has 0 saturated carbocycles. The van der Waals surface area contributed by atoms with Gasteiger partial charge in [-0.05, 0) is 30.7 Å². The quantitative estimate of drug-likeness (QED) is 0.415. The molecule has 1 heterocycles. The van der Waals surface area contributed by atoms with Crippen molar-refractivity contribution in [1.29, 1.82) is 0 Å². The van der Waals surface area contributed by atoms with Gasteiger partial charge in [-0.15, -0.1) is 0 Å². The molecule has 1 aromatic heterocycles. The van der Waals surface area contributed by atoms with Crippen LogP contribution >= 0.6 is 0 Å². The molecule has 2 aromatic rings. The monoisotopic (exact) mass is 259 g/mol. The van der Waals surface area contributed by atoms with Crippen LogP contribution in [0, 0.1) is 6.92 Å². The molecule has 0 bridgehead atoms. The summed E-state index contributed by atoms with van der Waals surface area (Å²) >= 11 is 0. The maximum Gasteiger partial charge on any atom is 0.239 e. The summed E-state index contributed by atoms with van der Waals surface area (Å²) in [7, 11) is 0. The second-order valence-electron chi connectivity index (χ2n) is 4.00. The second kappa shape index (κ2) is 6.55. The van der Waals surface area contributed by atoms with Crippen LogP contribution in [0.4, 0.5) is 11.8 Å². The molecular weight excluding hydrogens is 242 g/mol. The van der Waals surface area contributed by atoms with Crippen molar-refractivity contribution in [3.63, 3.8) is 0 Å². The summed E-state index contributed by atoms with van der Waals surface area (Å²) in [6.45, 7) is 3.24. The first-order chi connectivity index (χ1) is 9.28. The number of hydrogen-bond acceptors (Lipinski definition) is 6. The lowest BCUT2D eigenvalue weighted by Gasteiger charge is -2.09. The molecule has 0 atom stereocenters. The van der Waals surface area contributed by atoms with Gasteiger partial charge in [-0.1, -0.05) is 12.1 Å². The number of nitrogens with one attached hydrogen (secondary N) is 2. The lowest BCUT2D eigenvalue weighted by atomic mass is 10.2. The Hall–Kier alpha value is -2.34. The van der Waals surface area contributed by atoms with Crippen molar-refractivity contribution in [3.05, 3.63) is 42.1 Å². The van der Waals surface area contributed by atoms with Gasteiger partial charge in [0.1, 0.15) is 18.2 Å². The summed E-state index contributed by atoms with van der Waals surface area (Å²) in [6, 6.07) is 9.72. The Labute approximate surface area is 112 Å². The van der Waals surface area contributed by atoms with E-state index in [4.69, 9.17) is 10.6 Å². The molecule has 1 aromatic carbocycles. The van der Waals surface area contributed by atoms with Crippen molar-refractivity contribution in [1.82, 2.24) is 9.97 Å². The number of nitrogens with zero attached hydrogens (tertiary/aromatic N) is 2. The Morgan fingerprint density at radius 3 is 3.00 bits per heavy atom. The Balaban J connectivity index is 1.77. The third-order valence-electron chi connectivity index (χ3n) is 2.45. The predicted molar refractivity (Wildman–Crippen MR) is 75.0 cm³/mol. The van der Waals surface area contributed by atoms with Crippen LogP contribution in [0.2, 0.25) is 0 Å². The number of aryl methyl sites for hydroxylation is 1. The Bertz CT molecular complexity index is 532. The number of anilines is 2. The zero-order valence-corrected chi connectivity index (χ0v) is 10.8. The van der Waals surface area contributed by atoms with E-state index in [0.717, 1.165) is 5.75 Å². The van der Waals surface area contributed by atoms with E-state index in [9.17, 15) is 0 Å². The van der Waals surface area contributed by atoms with Crippen molar-refractivity contribution in [2.75, 3.05) is 23.9 Å². The van der Waals surface area contributed by atoms with Gasteiger partial charge >= 0.3 is 0 Å². The Kier molecular flexibility index (Phi) is 4.52. The number of nitrogens with two attached hydrogens (primary N) is 1. The predicted octanol–water partition coefficient (Wildman–Crippen LogP) is 1.56. The lowest BCUT2D eigenvalue weighted by molar-refractivity contribution is 0.332. The molecule has 6 nitrogen and oxygen atoms in total. The fourth-order valence-electron chi connectivity index (χ4n) is 1.58. The van der Waals surface area contributed by atoms with Crippen molar-refractivity contribution in [2.45, 2.75) is 6.92 Å². The molecule has 0 saturated heterocycles. The van der Waals surface area contributed by atoms with Crippen LogP contribution in [0.1, 0.15) is 5.56 Å². The highest BCUT2D eigenvalue weighted by Crippen LogP contribution is 2.12. The highest BCUT2D eigenvalue weighted by molar-refractivity contribution is 5.38. The molecule has 0 spiro atoms. The number of hydrazine groups is 1. The first kappa shape index (κ1) is 13.1. The molecular formula is C13H17N5O. The summed E-state index contributed by atoms with van der Waals surface area (Å²) in [5.74, 6) is 7.19. The third-order valence-corrected chi connectivity index (χ3v) is 2.45. The van der Waals surface area contributed by atoms with E-state index < -0.39 is 0 Å². The molecule has 0 unspecified atom stereocenters. The van der Waals surface area contributed by atoms with Gasteiger partial charge in [0, 0.05) is 6.20 Å². The van der Waals surface area contributed by atoms with Crippen molar-refractivity contribution < 1.29 is 4.74 Å². The van der Waals surface area contributed by atoms with Gasteiger partial charge in [-0.3, -0.25) is 5.43 Å². The Morgan fingerprint density at radius 2 is 2.21 bits per heavy atom. The molecule has 4 N–H and O–H groups in total. The van der Waals surface area contributed by atoms with Gasteiger partial charge in [-0.25, -0.2) is 10.8 Å². The summed E-state index contributed by atoms with van der Waals surface area (Å²) < 4.78 is 5.62. The first-order valence-corrected chi connectivity index (χ1v) is 6.01. The average Bonchev–Trinajstić information content (AvgIpc) is 2.44. The van der Waals surface area contributed by atoms with Gasteiger partial charge in [0.05, 0.1) is 6.54 Å². The molecule has 19 heavy (non-hydrogen) atoms. The first-order valence-electron chi connectivity index (χ1n) is 6.01. The highest BCUT2D eigenvalue weighted by Gasteiger charge is 1.97. The van der Waals surface area contributed by atoms with Crippen molar-refractivity contribution in [3.8, 4) is 5.75 Å². The summed E-state index contributed by atoms with van der Waals surface area (Å²) in [6.07, 6.45) is 1.63. The maximum atomic E-state index is 5.62. The van der Waals surface area contributed by atoms with E-state index in [1.54, 1.807) is 12.3 Å². The summed E-state index contributed by atoms with van der Waals surface area (Å²) in [4.78, 5) is 8.06. The zero-order chi connectivity index (χ0) is 13.5. The van der Waals surface area contributed by atoms with Gasteiger partial charge in [0.25, 0.3) is 0 Å². The van der Waals surface area contributed by atoms with Gasteiger partial charge in [0.15, 0.2) is 0 Å². The van der Waals surface area contributed by atoms with Crippen LogP contribution in [0.15, 0.2) is 36.5 Å². The third kappa shape index (κ3) is 4.11. The van der Waals surface area contributed by atoms with E-state index in [1.807, 2.05) is 31.2 Å². The fourth-order valence-corrected chi connectivity index (χ4v) is 1.58. The lowest BCUT2D eigenvalue weighted by Crippen LogP contribution is -2.14. The normalized spacial score (nSPS) is 10.0. The zero-order valence-electron chi connectivity index (χ0n) is 10.8. The average molecular weight is 259 g/mol. The minimum atomic E-state index is 0.379. The molecule has 0 aliphatic carbocycles. The van der Waals surface area contributed by atoms with Crippen LogP contribution in [0.3, 0.4) is 0 Å². The minimum Gasteiger partial charge on any atom is -0.492 e. The van der Waals surface area contributed by atoms with E-state index in [0.29, 0.717) is 24.9 Å². The van der Waals surface area contributed by atoms with Crippen LogP contribution in [-0.4, -0.2) is 23.1 Å². The number of ether oxygens (including phenoxy) is 1. The summed E-state index contributed by atoms with van der Waals surface area (Å²) in [5.41, 5.74) is 3.58. The molecule has 2 rings (SSSR count). The molecule has 0 amide bonds. The van der Waals surface area contributed by atoms with Crippen molar-refractivity contribution >= 4 is 11.8 Å². The SMILES string of the molecule is Cc1cccc(OCCNc2ccnc(NN)n2)c1. The number of rotatable bonds is 6. The summed E-state index contributed by atoms with van der Waals surface area (Å²) in [5, 5.41) is 3.13. The van der Waals surface area contributed by atoms with Crippen LogP contribution in [-0.2, 0) is 0 Å². The number of hydrogen-bond donors (Lipinski definition) is 3. The topological polar surface area (TPSA) is 85.1 Å². The maximum absolute atomic E-state index is 5.62. The fraction of sp³-hybridized carbons (Fsp3) is 0.231. The highest BCUT2D eigenvalue weighted by atomic mass is 16.5. The van der Waals surface area contributed by atoms with Crippen LogP contribution < -0.4 is 21.3 Å². The molecule has 0 aliphatic rings. The molecule has 0 radical (unpaired) electrons. The van der Waals surface area contributed by atoms with Gasteiger partial charge in [-0.2, -0.15) is 4.98 Å². The van der Waals surface area contributed by atoms with Crippen LogP contribution in [0.5, 0.6) is 5.75 Å². The molecule has 0 aliphatic heterocycles. The van der Waals surface area contributed by atoms with E-state index in [-0.39, 0.29) is 0 Å². The van der Waals surface area contributed by atoms with Crippen LogP contribution in [0.25, 0.3) is 0 Å². The number of nitrogen functional groups attached to an aromatic ring is 1. The molecule has 100 valence electrons. The molecule has 0 fully saturated rings.